The minimum atomic E-state index is -4.33. The second-order valence-corrected chi connectivity index (χ2v) is 8.33. The number of alkyl halides is 3. The number of rotatable bonds is 4. The molecule has 4 rings (SSSR count). The molecule has 0 bridgehead atoms. The number of nitriles is 1. The van der Waals surface area contributed by atoms with Crippen molar-refractivity contribution in [1.29, 1.82) is 5.26 Å². The van der Waals surface area contributed by atoms with E-state index in [9.17, 15) is 18.0 Å². The Labute approximate surface area is 177 Å². The van der Waals surface area contributed by atoms with Crippen molar-refractivity contribution in [3.63, 3.8) is 0 Å². The van der Waals surface area contributed by atoms with Crippen LogP contribution in [0.1, 0.15) is 18.5 Å². The number of nitrogens with two attached hydrogens (primary N) is 1. The first-order valence-corrected chi connectivity index (χ1v) is 10.3. The van der Waals surface area contributed by atoms with Crippen molar-refractivity contribution in [2.24, 2.45) is 23.5 Å². The second kappa shape index (κ2) is 8.30. The zero-order valence-electron chi connectivity index (χ0n) is 16.8. The van der Waals surface area contributed by atoms with Gasteiger partial charge in [-0.2, -0.15) is 18.4 Å². The lowest BCUT2D eigenvalue weighted by Crippen LogP contribution is -2.45. The van der Waals surface area contributed by atoms with Crippen molar-refractivity contribution in [1.82, 2.24) is 14.9 Å². The summed E-state index contributed by atoms with van der Waals surface area (Å²) in [5.74, 6) is -2.81. The second-order valence-electron chi connectivity index (χ2n) is 8.33. The molecule has 0 aliphatic carbocycles. The van der Waals surface area contributed by atoms with Crippen molar-refractivity contribution < 1.29 is 18.0 Å². The van der Waals surface area contributed by atoms with Gasteiger partial charge in [0, 0.05) is 32.1 Å². The van der Waals surface area contributed by atoms with Gasteiger partial charge in [-0.15, -0.1) is 0 Å². The molecule has 164 valence electrons. The van der Waals surface area contributed by atoms with Crippen LogP contribution in [0.15, 0.2) is 24.4 Å². The third kappa shape index (κ3) is 4.42. The minimum Gasteiger partial charge on any atom is -0.369 e. The molecule has 0 saturated carbocycles. The summed E-state index contributed by atoms with van der Waals surface area (Å²) in [6.07, 6.45) is -1.56. The lowest BCUT2D eigenvalue weighted by atomic mass is 9.92. The van der Waals surface area contributed by atoms with Gasteiger partial charge in [-0.3, -0.25) is 4.79 Å². The number of piperidine rings is 1. The maximum atomic E-state index is 13.9. The fraction of sp³-hybridized carbons (Fsp3) is 0.524. The minimum absolute atomic E-state index is 0.159. The molecule has 1 aromatic carbocycles. The van der Waals surface area contributed by atoms with Crippen LogP contribution in [0.25, 0.3) is 11.0 Å². The average molecular weight is 432 g/mol. The number of halogens is 3. The molecule has 0 spiro atoms. The molecule has 2 aliphatic heterocycles. The Hall–Kier alpha value is -2.93. The predicted octanol–water partition coefficient (Wildman–Crippen LogP) is 2.31. The van der Waals surface area contributed by atoms with Crippen LogP contribution < -0.4 is 10.6 Å². The Morgan fingerprint density at radius 3 is 2.81 bits per heavy atom. The molecule has 31 heavy (non-hydrogen) atoms. The summed E-state index contributed by atoms with van der Waals surface area (Å²) < 4.78 is 41.7. The molecule has 2 aliphatic rings. The molecule has 2 saturated heterocycles. The fourth-order valence-corrected chi connectivity index (χ4v) is 4.74. The molecule has 1 unspecified atom stereocenters. The highest BCUT2D eigenvalue weighted by molar-refractivity contribution is 5.88. The highest BCUT2D eigenvalue weighted by atomic mass is 19.4. The highest BCUT2D eigenvalue weighted by Gasteiger charge is 2.50. The van der Waals surface area contributed by atoms with Crippen LogP contribution in [0.5, 0.6) is 0 Å². The van der Waals surface area contributed by atoms with Crippen LogP contribution >= 0.6 is 0 Å². The van der Waals surface area contributed by atoms with Gasteiger partial charge in [0.05, 0.1) is 29.2 Å². The van der Waals surface area contributed by atoms with Crippen LogP contribution in [0.4, 0.5) is 18.9 Å². The molecule has 3 atom stereocenters. The van der Waals surface area contributed by atoms with Gasteiger partial charge in [-0.05, 0) is 31.5 Å². The topological polar surface area (TPSA) is 99.1 Å². The van der Waals surface area contributed by atoms with Crippen molar-refractivity contribution in [2.45, 2.75) is 19.0 Å². The number of hydrogen-bond acceptors (Lipinski definition) is 6. The number of primary amides is 1. The van der Waals surface area contributed by atoms with Crippen LogP contribution in [0.3, 0.4) is 0 Å². The number of anilines is 1. The molecule has 0 radical (unpaired) electrons. The number of aromatic nitrogens is 2. The molecule has 3 heterocycles. The summed E-state index contributed by atoms with van der Waals surface area (Å²) in [4.78, 5) is 23.7. The fourth-order valence-electron chi connectivity index (χ4n) is 4.74. The molecule has 1 amide bonds. The van der Waals surface area contributed by atoms with E-state index < -0.39 is 23.9 Å². The van der Waals surface area contributed by atoms with E-state index in [1.807, 2.05) is 11.0 Å². The Balaban J connectivity index is 1.58. The standard InChI is InChI=1S/C21H23F3N6O/c22-21(23,24)16-12-30(11-14(16)10-29-6-2-3-13(9-29)20(26)31)18-5-1-4-17-19(18)27-8-15(7-25)28-17/h1,4-5,8,13-14,16H,2-3,6,9-12H2,(H2,26,31)/t13?,14-,16-/m0/s1. The first-order valence-electron chi connectivity index (χ1n) is 10.3. The number of hydrogen-bond donors (Lipinski definition) is 1. The van der Waals surface area contributed by atoms with Gasteiger partial charge in [0.1, 0.15) is 11.6 Å². The predicted molar refractivity (Wildman–Crippen MR) is 108 cm³/mol. The largest absolute Gasteiger partial charge is 0.393 e. The molecule has 1 aromatic heterocycles. The summed E-state index contributed by atoms with van der Waals surface area (Å²) in [6, 6.07) is 7.07. The Kier molecular flexibility index (Phi) is 5.71. The van der Waals surface area contributed by atoms with E-state index in [0.717, 1.165) is 6.42 Å². The highest BCUT2D eigenvalue weighted by Crippen LogP contribution is 2.41. The lowest BCUT2D eigenvalue weighted by Gasteiger charge is -2.34. The van der Waals surface area contributed by atoms with E-state index in [4.69, 9.17) is 11.0 Å². The normalized spacial score (nSPS) is 25.0. The first kappa shape index (κ1) is 21.3. The Morgan fingerprint density at radius 2 is 2.10 bits per heavy atom. The first-order chi connectivity index (χ1) is 14.8. The quantitative estimate of drug-likeness (QED) is 0.796. The molecule has 2 aromatic rings. The number of benzene rings is 1. The smallest absolute Gasteiger partial charge is 0.369 e. The van der Waals surface area contributed by atoms with Gasteiger partial charge in [0.25, 0.3) is 0 Å². The maximum Gasteiger partial charge on any atom is 0.393 e. The van der Waals surface area contributed by atoms with Crippen LogP contribution in [0, 0.1) is 29.1 Å². The molecular formula is C21H23F3N6O. The summed E-state index contributed by atoms with van der Waals surface area (Å²) in [5, 5.41) is 9.02. The number of carbonyl (C=O) groups is 1. The third-order valence-corrected chi connectivity index (χ3v) is 6.27. The van der Waals surface area contributed by atoms with Crippen LogP contribution in [0.2, 0.25) is 0 Å². The monoisotopic (exact) mass is 432 g/mol. The molecule has 7 nitrogen and oxygen atoms in total. The number of likely N-dealkylation sites (tertiary alicyclic amines) is 1. The summed E-state index contributed by atoms with van der Waals surface area (Å²) in [5.41, 5.74) is 7.12. The summed E-state index contributed by atoms with van der Waals surface area (Å²) in [7, 11) is 0. The van der Waals surface area contributed by atoms with Gasteiger partial charge in [0.15, 0.2) is 5.69 Å². The van der Waals surface area contributed by atoms with Gasteiger partial charge in [-0.25, -0.2) is 9.97 Å². The van der Waals surface area contributed by atoms with Crippen molar-refractivity contribution >= 4 is 22.6 Å². The van der Waals surface area contributed by atoms with E-state index in [2.05, 4.69) is 9.97 Å². The summed E-state index contributed by atoms with van der Waals surface area (Å²) in [6.45, 7) is 1.40. The number of carbonyl (C=O) groups excluding carboxylic acids is 1. The van der Waals surface area contributed by atoms with Gasteiger partial charge < -0.3 is 15.5 Å². The zero-order valence-corrected chi connectivity index (χ0v) is 16.8. The molecular weight excluding hydrogens is 409 g/mol. The Bertz CT molecular complexity index is 1020. The van der Waals surface area contributed by atoms with E-state index in [-0.39, 0.29) is 31.2 Å². The van der Waals surface area contributed by atoms with Crippen molar-refractivity contribution in [2.75, 3.05) is 37.6 Å². The van der Waals surface area contributed by atoms with Crippen molar-refractivity contribution in [3.05, 3.63) is 30.1 Å². The zero-order chi connectivity index (χ0) is 22.2. The number of para-hydroxylation sites is 1. The number of amides is 1. The lowest BCUT2D eigenvalue weighted by molar-refractivity contribution is -0.180. The Morgan fingerprint density at radius 1 is 1.29 bits per heavy atom. The van der Waals surface area contributed by atoms with E-state index in [0.29, 0.717) is 36.2 Å². The van der Waals surface area contributed by atoms with Crippen LogP contribution in [-0.2, 0) is 4.79 Å². The van der Waals surface area contributed by atoms with E-state index in [1.54, 1.807) is 23.1 Å². The molecule has 2 N–H and O–H groups in total. The van der Waals surface area contributed by atoms with Gasteiger partial charge in [-0.1, -0.05) is 6.07 Å². The van der Waals surface area contributed by atoms with Gasteiger partial charge in [0.2, 0.25) is 5.91 Å². The maximum absolute atomic E-state index is 13.9. The van der Waals surface area contributed by atoms with Gasteiger partial charge >= 0.3 is 6.18 Å². The summed E-state index contributed by atoms with van der Waals surface area (Å²) >= 11 is 0. The van der Waals surface area contributed by atoms with E-state index >= 15 is 0 Å². The SMILES string of the molecule is N#Cc1cnc2c(N3C[C@H](CN4CCCC(C(N)=O)C4)[C@@H](C(F)(F)F)C3)cccc2n1. The average Bonchev–Trinajstić information content (AvgIpc) is 3.17. The molecule has 10 heteroatoms. The number of fused-ring (bicyclic) bond motifs is 1. The van der Waals surface area contributed by atoms with Crippen molar-refractivity contribution in [3.8, 4) is 6.07 Å². The number of nitrogens with zero attached hydrogens (tertiary/aromatic N) is 5. The third-order valence-electron chi connectivity index (χ3n) is 6.27. The molecule has 2 fully saturated rings. The van der Waals surface area contributed by atoms with E-state index in [1.165, 1.54) is 6.20 Å². The van der Waals surface area contributed by atoms with Crippen LogP contribution in [-0.4, -0.2) is 59.7 Å².